The third-order valence-corrected chi connectivity index (χ3v) is 4.28. The van der Waals surface area contributed by atoms with Crippen LogP contribution in [0.5, 0.6) is 0 Å². The molecule has 0 fully saturated rings. The lowest BCUT2D eigenvalue weighted by Crippen LogP contribution is -2.39. The Bertz CT molecular complexity index is 431. The third-order valence-electron chi connectivity index (χ3n) is 3.14. The van der Waals surface area contributed by atoms with E-state index in [4.69, 9.17) is 4.99 Å². The normalized spacial score (nSPS) is 11.2. The summed E-state index contributed by atoms with van der Waals surface area (Å²) in [6.45, 7) is 11.3. The van der Waals surface area contributed by atoms with Gasteiger partial charge in [0.1, 0.15) is 0 Å². The molecule has 0 atom stereocenters. The first-order chi connectivity index (χ1) is 9.58. The second-order valence-electron chi connectivity index (χ2n) is 5.00. The summed E-state index contributed by atoms with van der Waals surface area (Å²) in [5.41, 5.74) is 1.16. The van der Waals surface area contributed by atoms with E-state index in [1.807, 2.05) is 0 Å². The monoisotopic (exact) mass is 424 g/mol. The molecule has 0 radical (unpaired) electrons. The molecule has 1 aromatic rings. The molecule has 0 saturated heterocycles. The SMILES string of the molecule is CCCCN(C)C(=NCCc1sc(C)nc1C)NCC.I. The fourth-order valence-electron chi connectivity index (χ4n) is 2.04. The number of hydrogen-bond acceptors (Lipinski definition) is 3. The molecule has 0 bridgehead atoms. The Morgan fingerprint density at radius 1 is 1.33 bits per heavy atom. The summed E-state index contributed by atoms with van der Waals surface area (Å²) in [4.78, 5) is 12.8. The molecule has 122 valence electrons. The number of thiazole rings is 1. The number of unbranched alkanes of at least 4 members (excludes halogenated alkanes) is 1. The molecule has 0 amide bonds. The Hall–Kier alpha value is -0.370. The van der Waals surface area contributed by atoms with Crippen molar-refractivity contribution in [1.82, 2.24) is 15.2 Å². The van der Waals surface area contributed by atoms with Crippen molar-refractivity contribution in [3.8, 4) is 0 Å². The van der Waals surface area contributed by atoms with Crippen LogP contribution in [0.2, 0.25) is 0 Å². The van der Waals surface area contributed by atoms with Crippen LogP contribution in [-0.4, -0.2) is 42.5 Å². The second-order valence-corrected chi connectivity index (χ2v) is 6.29. The maximum absolute atomic E-state index is 4.72. The van der Waals surface area contributed by atoms with E-state index in [1.54, 1.807) is 11.3 Å². The predicted octanol–water partition coefficient (Wildman–Crippen LogP) is 3.62. The number of rotatable bonds is 7. The summed E-state index contributed by atoms with van der Waals surface area (Å²) in [6, 6.07) is 0. The average molecular weight is 424 g/mol. The first-order valence-corrected chi connectivity index (χ1v) is 8.32. The molecule has 1 rings (SSSR count). The van der Waals surface area contributed by atoms with Crippen LogP contribution in [0.1, 0.15) is 42.3 Å². The van der Waals surface area contributed by atoms with E-state index in [-0.39, 0.29) is 24.0 Å². The Morgan fingerprint density at radius 3 is 2.57 bits per heavy atom. The predicted molar refractivity (Wildman–Crippen MR) is 104 cm³/mol. The van der Waals surface area contributed by atoms with Crippen LogP contribution in [-0.2, 0) is 6.42 Å². The Morgan fingerprint density at radius 2 is 2.05 bits per heavy atom. The van der Waals surface area contributed by atoms with Crippen molar-refractivity contribution in [3.63, 3.8) is 0 Å². The first-order valence-electron chi connectivity index (χ1n) is 7.50. The van der Waals surface area contributed by atoms with E-state index < -0.39 is 0 Å². The van der Waals surface area contributed by atoms with Crippen molar-refractivity contribution in [2.75, 3.05) is 26.7 Å². The molecule has 6 heteroatoms. The van der Waals surface area contributed by atoms with Crippen LogP contribution in [0.4, 0.5) is 0 Å². The maximum Gasteiger partial charge on any atom is 0.193 e. The summed E-state index contributed by atoms with van der Waals surface area (Å²) in [5.74, 6) is 1.01. The van der Waals surface area contributed by atoms with Gasteiger partial charge >= 0.3 is 0 Å². The van der Waals surface area contributed by atoms with Crippen molar-refractivity contribution < 1.29 is 0 Å². The van der Waals surface area contributed by atoms with Gasteiger partial charge in [-0.25, -0.2) is 4.98 Å². The first kappa shape index (κ1) is 20.6. The zero-order valence-electron chi connectivity index (χ0n) is 13.9. The molecule has 0 saturated carbocycles. The topological polar surface area (TPSA) is 40.5 Å². The summed E-state index contributed by atoms with van der Waals surface area (Å²) in [5, 5.41) is 4.51. The lowest BCUT2D eigenvalue weighted by Gasteiger charge is -2.21. The molecule has 1 N–H and O–H groups in total. The molecule has 4 nitrogen and oxygen atoms in total. The highest BCUT2D eigenvalue weighted by atomic mass is 127. The van der Waals surface area contributed by atoms with E-state index >= 15 is 0 Å². The second kappa shape index (κ2) is 11.2. The molecule has 0 unspecified atom stereocenters. The van der Waals surface area contributed by atoms with Crippen LogP contribution in [0.25, 0.3) is 0 Å². The van der Waals surface area contributed by atoms with E-state index in [1.165, 1.54) is 17.7 Å². The highest BCUT2D eigenvalue weighted by Crippen LogP contribution is 2.17. The van der Waals surface area contributed by atoms with Crippen LogP contribution in [0.3, 0.4) is 0 Å². The zero-order chi connectivity index (χ0) is 15.0. The van der Waals surface area contributed by atoms with Gasteiger partial charge in [0.05, 0.1) is 10.7 Å². The minimum absolute atomic E-state index is 0. The Kier molecular flexibility index (Phi) is 11.0. The van der Waals surface area contributed by atoms with Gasteiger partial charge in [0.25, 0.3) is 0 Å². The van der Waals surface area contributed by atoms with Gasteiger partial charge in [-0.15, -0.1) is 35.3 Å². The molecule has 21 heavy (non-hydrogen) atoms. The van der Waals surface area contributed by atoms with Crippen molar-refractivity contribution >= 4 is 41.3 Å². The standard InChI is InChI=1S/C15H28N4S.HI/c1-6-8-11-19(5)15(16-7-2)17-10-9-14-12(3)18-13(4)20-14;/h6-11H2,1-5H3,(H,16,17);1H. The number of nitrogens with zero attached hydrogens (tertiary/aromatic N) is 3. The molecule has 1 heterocycles. The van der Waals surface area contributed by atoms with Gasteiger partial charge in [-0.1, -0.05) is 13.3 Å². The van der Waals surface area contributed by atoms with Gasteiger partial charge in [0.2, 0.25) is 0 Å². The fraction of sp³-hybridized carbons (Fsp3) is 0.733. The number of guanidine groups is 1. The van der Waals surface area contributed by atoms with Gasteiger partial charge < -0.3 is 10.2 Å². The van der Waals surface area contributed by atoms with Gasteiger partial charge in [0, 0.05) is 38.0 Å². The number of aromatic nitrogens is 1. The molecule has 0 aliphatic rings. The van der Waals surface area contributed by atoms with E-state index in [0.717, 1.165) is 42.7 Å². The summed E-state index contributed by atoms with van der Waals surface area (Å²) >= 11 is 1.79. The molecule has 0 aromatic carbocycles. The Labute approximate surface area is 150 Å². The summed E-state index contributed by atoms with van der Waals surface area (Å²) < 4.78 is 0. The third kappa shape index (κ3) is 7.44. The van der Waals surface area contributed by atoms with E-state index in [9.17, 15) is 0 Å². The maximum atomic E-state index is 4.72. The smallest absolute Gasteiger partial charge is 0.193 e. The van der Waals surface area contributed by atoms with E-state index in [0.29, 0.717) is 0 Å². The fourth-order valence-corrected chi connectivity index (χ4v) is 2.97. The molecule has 0 aliphatic carbocycles. The molecule has 1 aromatic heterocycles. The number of hydrogen-bond donors (Lipinski definition) is 1. The van der Waals surface area contributed by atoms with Crippen molar-refractivity contribution in [3.05, 3.63) is 15.6 Å². The number of halogens is 1. The quantitative estimate of drug-likeness (QED) is 0.413. The molecule has 0 spiro atoms. The van der Waals surface area contributed by atoms with Gasteiger partial charge in [-0.05, 0) is 27.2 Å². The summed E-state index contributed by atoms with van der Waals surface area (Å²) in [7, 11) is 2.11. The Balaban J connectivity index is 0.00000400. The number of aliphatic imine (C=N–C) groups is 1. The highest BCUT2D eigenvalue weighted by Gasteiger charge is 2.06. The lowest BCUT2D eigenvalue weighted by atomic mass is 10.3. The van der Waals surface area contributed by atoms with Crippen molar-refractivity contribution in [1.29, 1.82) is 0 Å². The van der Waals surface area contributed by atoms with Crippen molar-refractivity contribution in [2.45, 2.75) is 47.0 Å². The highest BCUT2D eigenvalue weighted by molar-refractivity contribution is 14.0. The summed E-state index contributed by atoms with van der Waals surface area (Å²) in [6.07, 6.45) is 3.39. The molecular weight excluding hydrogens is 395 g/mol. The number of aryl methyl sites for hydroxylation is 2. The molecular formula is C15H29IN4S. The van der Waals surface area contributed by atoms with Crippen LogP contribution in [0, 0.1) is 13.8 Å². The average Bonchev–Trinajstić information content (AvgIpc) is 2.73. The minimum atomic E-state index is 0. The lowest BCUT2D eigenvalue weighted by molar-refractivity contribution is 0.465. The molecule has 0 aliphatic heterocycles. The largest absolute Gasteiger partial charge is 0.357 e. The van der Waals surface area contributed by atoms with Crippen molar-refractivity contribution in [2.24, 2.45) is 4.99 Å². The number of nitrogens with one attached hydrogen (secondary N) is 1. The van der Waals surface area contributed by atoms with Crippen LogP contribution < -0.4 is 5.32 Å². The minimum Gasteiger partial charge on any atom is -0.357 e. The van der Waals surface area contributed by atoms with Gasteiger partial charge in [-0.3, -0.25) is 4.99 Å². The van der Waals surface area contributed by atoms with Gasteiger partial charge in [0.15, 0.2) is 5.96 Å². The van der Waals surface area contributed by atoms with Crippen LogP contribution >= 0.6 is 35.3 Å². The van der Waals surface area contributed by atoms with Gasteiger partial charge in [-0.2, -0.15) is 0 Å². The van der Waals surface area contributed by atoms with Crippen LogP contribution in [0.15, 0.2) is 4.99 Å². The zero-order valence-corrected chi connectivity index (χ0v) is 17.0. The van der Waals surface area contributed by atoms with E-state index in [2.05, 4.69) is 49.9 Å².